The Balaban J connectivity index is 1.89. The first kappa shape index (κ1) is 14.8. The summed E-state index contributed by atoms with van der Waals surface area (Å²) in [5.74, 6) is 0. The number of nitrogens with one attached hydrogen (secondary N) is 2. The highest BCUT2D eigenvalue weighted by Gasteiger charge is 2.14. The van der Waals surface area contributed by atoms with E-state index in [1.807, 2.05) is 29.6 Å². The van der Waals surface area contributed by atoms with Crippen LogP contribution in [0.2, 0.25) is 0 Å². The number of rotatable bonds is 6. The predicted octanol–water partition coefficient (Wildman–Crippen LogP) is 2.88. The van der Waals surface area contributed by atoms with Crippen LogP contribution in [0, 0.1) is 0 Å². The van der Waals surface area contributed by atoms with Crippen molar-refractivity contribution in [3.63, 3.8) is 0 Å². The molecule has 0 aliphatic rings. The van der Waals surface area contributed by atoms with Gasteiger partial charge in [-0.2, -0.15) is 0 Å². The molecule has 0 saturated heterocycles. The Kier molecular flexibility index (Phi) is 5.34. The van der Waals surface area contributed by atoms with Gasteiger partial charge < -0.3 is 15.7 Å². The van der Waals surface area contributed by atoms with Crippen molar-refractivity contribution in [1.29, 1.82) is 0 Å². The van der Waals surface area contributed by atoms with E-state index in [1.54, 1.807) is 6.08 Å². The summed E-state index contributed by atoms with van der Waals surface area (Å²) in [5.41, 5.74) is 0. The van der Waals surface area contributed by atoms with Crippen LogP contribution in [0.4, 0.5) is 4.79 Å². The number of urea groups is 1. The smallest absolute Gasteiger partial charge is 0.315 e. The second-order valence-electron chi connectivity index (χ2n) is 4.07. The van der Waals surface area contributed by atoms with Crippen molar-refractivity contribution in [2.45, 2.75) is 12.6 Å². The van der Waals surface area contributed by atoms with Crippen molar-refractivity contribution in [3.8, 4) is 0 Å². The van der Waals surface area contributed by atoms with Crippen LogP contribution in [0.5, 0.6) is 0 Å². The predicted molar refractivity (Wildman–Crippen MR) is 83.1 cm³/mol. The Labute approximate surface area is 125 Å². The third-order valence-corrected chi connectivity index (χ3v) is 4.66. The molecule has 4 nitrogen and oxygen atoms in total. The molecule has 0 spiro atoms. The molecule has 6 heteroatoms. The number of carbonyl (C=O) groups excluding carboxylic acids is 1. The lowest BCUT2D eigenvalue weighted by Gasteiger charge is -2.05. The maximum absolute atomic E-state index is 11.4. The fourth-order valence-electron chi connectivity index (χ4n) is 1.62. The lowest BCUT2D eigenvalue weighted by atomic mass is 10.2. The van der Waals surface area contributed by atoms with Gasteiger partial charge in [-0.25, -0.2) is 4.79 Å². The van der Waals surface area contributed by atoms with Crippen LogP contribution in [-0.2, 0) is 6.54 Å². The summed E-state index contributed by atoms with van der Waals surface area (Å²) in [6, 6.07) is 7.43. The first-order chi connectivity index (χ1) is 9.70. The molecule has 2 heterocycles. The molecule has 1 unspecified atom stereocenters. The Bertz CT molecular complexity index is 564. The summed E-state index contributed by atoms with van der Waals surface area (Å²) >= 11 is 3.03. The van der Waals surface area contributed by atoms with E-state index in [4.69, 9.17) is 0 Å². The highest BCUT2D eigenvalue weighted by atomic mass is 32.1. The van der Waals surface area contributed by atoms with E-state index in [0.29, 0.717) is 13.1 Å². The third kappa shape index (κ3) is 3.93. The van der Waals surface area contributed by atoms with Crippen LogP contribution in [0.15, 0.2) is 42.3 Å². The van der Waals surface area contributed by atoms with Crippen LogP contribution in [-0.4, -0.2) is 17.7 Å². The second-order valence-corrected chi connectivity index (χ2v) is 6.25. The first-order valence-electron chi connectivity index (χ1n) is 6.13. The molecule has 0 fully saturated rings. The van der Waals surface area contributed by atoms with Crippen molar-refractivity contribution < 1.29 is 9.90 Å². The van der Waals surface area contributed by atoms with Gasteiger partial charge in [0.15, 0.2) is 0 Å². The minimum Gasteiger partial charge on any atom is -0.382 e. The number of hydrogen-bond donors (Lipinski definition) is 3. The first-order valence-corrected chi connectivity index (χ1v) is 7.83. The van der Waals surface area contributed by atoms with E-state index in [1.165, 1.54) is 22.7 Å². The number of amides is 2. The zero-order valence-electron chi connectivity index (χ0n) is 10.8. The molecule has 0 aromatic carbocycles. The Morgan fingerprint density at radius 2 is 2.20 bits per heavy atom. The topological polar surface area (TPSA) is 61.4 Å². The van der Waals surface area contributed by atoms with Crippen LogP contribution >= 0.6 is 22.7 Å². The van der Waals surface area contributed by atoms with Gasteiger partial charge in [0.05, 0.1) is 6.54 Å². The molecule has 0 saturated carbocycles. The van der Waals surface area contributed by atoms with Crippen LogP contribution in [0.25, 0.3) is 0 Å². The number of hydrogen-bond acceptors (Lipinski definition) is 4. The Hall–Kier alpha value is -1.63. The van der Waals surface area contributed by atoms with Crippen molar-refractivity contribution >= 4 is 28.7 Å². The summed E-state index contributed by atoms with van der Waals surface area (Å²) in [5, 5.41) is 17.5. The molecule has 3 N–H and O–H groups in total. The maximum atomic E-state index is 11.4. The van der Waals surface area contributed by atoms with E-state index >= 15 is 0 Å². The summed E-state index contributed by atoms with van der Waals surface area (Å²) in [7, 11) is 0. The van der Waals surface area contributed by atoms with Crippen LogP contribution in [0.1, 0.15) is 20.7 Å². The van der Waals surface area contributed by atoms with Crippen LogP contribution in [0.3, 0.4) is 0 Å². The normalized spacial score (nSPS) is 11.8. The van der Waals surface area contributed by atoms with Gasteiger partial charge in [0.1, 0.15) is 6.10 Å². The van der Waals surface area contributed by atoms with Crippen LogP contribution < -0.4 is 10.6 Å². The lowest BCUT2D eigenvalue weighted by Crippen LogP contribution is -2.34. The van der Waals surface area contributed by atoms with Gasteiger partial charge in [0.2, 0.25) is 0 Å². The molecule has 1 atom stereocenters. The molecule has 0 aliphatic carbocycles. The van der Waals surface area contributed by atoms with Gasteiger partial charge in [-0.05, 0) is 23.6 Å². The Morgan fingerprint density at radius 3 is 2.90 bits per heavy atom. The molecule has 2 aromatic heterocycles. The fourth-order valence-corrected chi connectivity index (χ4v) is 3.38. The summed E-state index contributed by atoms with van der Waals surface area (Å²) in [4.78, 5) is 14.2. The molecular formula is C14H16N2O2S2. The number of thiophene rings is 2. The second kappa shape index (κ2) is 7.23. The Morgan fingerprint density at radius 1 is 1.35 bits per heavy atom. The average molecular weight is 308 g/mol. The van der Waals surface area contributed by atoms with E-state index in [-0.39, 0.29) is 6.03 Å². The zero-order valence-corrected chi connectivity index (χ0v) is 12.5. The number of carbonyl (C=O) groups is 1. The van der Waals surface area contributed by atoms with Gasteiger partial charge in [-0.3, -0.25) is 0 Å². The summed E-state index contributed by atoms with van der Waals surface area (Å²) < 4.78 is 0. The molecule has 2 rings (SSSR count). The van der Waals surface area contributed by atoms with E-state index < -0.39 is 6.10 Å². The summed E-state index contributed by atoms with van der Waals surface area (Å²) in [6.45, 7) is 4.42. The van der Waals surface area contributed by atoms with Crippen molar-refractivity contribution in [3.05, 3.63) is 56.9 Å². The van der Waals surface area contributed by atoms with E-state index in [9.17, 15) is 9.90 Å². The van der Waals surface area contributed by atoms with Gasteiger partial charge in [0.25, 0.3) is 0 Å². The molecule has 2 aromatic rings. The minimum absolute atomic E-state index is 0.223. The number of aliphatic hydroxyl groups excluding tert-OH is 1. The average Bonchev–Trinajstić information content (AvgIpc) is 3.12. The quantitative estimate of drug-likeness (QED) is 0.719. The monoisotopic (exact) mass is 308 g/mol. The summed E-state index contributed by atoms with van der Waals surface area (Å²) in [6.07, 6.45) is 1.04. The highest BCUT2D eigenvalue weighted by molar-refractivity contribution is 7.12. The largest absolute Gasteiger partial charge is 0.382 e. The van der Waals surface area contributed by atoms with Gasteiger partial charge in [-0.1, -0.05) is 12.1 Å². The standard InChI is InChI=1S/C14H16N2O2S2/c1-2-7-15-14(18)16-9-10-5-6-12(20-10)13(17)11-4-3-8-19-11/h2-6,8,13,17H,1,7,9H2,(H2,15,16,18). The third-order valence-electron chi connectivity index (χ3n) is 2.59. The lowest BCUT2D eigenvalue weighted by molar-refractivity contribution is 0.228. The zero-order chi connectivity index (χ0) is 14.4. The molecule has 106 valence electrons. The molecule has 20 heavy (non-hydrogen) atoms. The van der Waals surface area contributed by atoms with E-state index in [0.717, 1.165) is 14.6 Å². The van der Waals surface area contributed by atoms with Crippen molar-refractivity contribution in [1.82, 2.24) is 10.6 Å². The fraction of sp³-hybridized carbons (Fsp3) is 0.214. The van der Waals surface area contributed by atoms with Gasteiger partial charge in [-0.15, -0.1) is 29.3 Å². The van der Waals surface area contributed by atoms with Crippen molar-refractivity contribution in [2.24, 2.45) is 0 Å². The molecule has 0 radical (unpaired) electrons. The molecule has 0 aliphatic heterocycles. The molecular weight excluding hydrogens is 292 g/mol. The van der Waals surface area contributed by atoms with Gasteiger partial charge >= 0.3 is 6.03 Å². The SMILES string of the molecule is C=CCNC(=O)NCc1ccc(C(O)c2cccs2)s1. The van der Waals surface area contributed by atoms with E-state index in [2.05, 4.69) is 17.2 Å². The number of aliphatic hydroxyl groups is 1. The minimum atomic E-state index is -0.580. The highest BCUT2D eigenvalue weighted by Crippen LogP contribution is 2.30. The van der Waals surface area contributed by atoms with Gasteiger partial charge in [0, 0.05) is 21.2 Å². The van der Waals surface area contributed by atoms with Crippen molar-refractivity contribution in [2.75, 3.05) is 6.54 Å². The molecule has 0 bridgehead atoms. The maximum Gasteiger partial charge on any atom is 0.315 e. The molecule has 2 amide bonds.